The summed E-state index contributed by atoms with van der Waals surface area (Å²) in [7, 11) is 0. The number of aromatic nitrogens is 1. The van der Waals surface area contributed by atoms with Crippen molar-refractivity contribution >= 4 is 6.29 Å². The molecule has 0 radical (unpaired) electrons. The fourth-order valence-corrected chi connectivity index (χ4v) is 2.28. The normalized spacial score (nSPS) is 24.4. The van der Waals surface area contributed by atoms with Crippen LogP contribution < -0.4 is 4.74 Å². The van der Waals surface area contributed by atoms with Crippen LogP contribution in [0.4, 0.5) is 0 Å². The van der Waals surface area contributed by atoms with E-state index in [2.05, 4.69) is 11.9 Å². The molecule has 1 aliphatic carbocycles. The molecule has 0 bridgehead atoms. The molecule has 0 aromatic carbocycles. The first-order chi connectivity index (χ1) is 8.19. The summed E-state index contributed by atoms with van der Waals surface area (Å²) in [4.78, 5) is 15.1. The molecule has 3 heteroatoms. The van der Waals surface area contributed by atoms with Crippen LogP contribution in [0.2, 0.25) is 0 Å². The number of hydrogen-bond acceptors (Lipinski definition) is 3. The van der Waals surface area contributed by atoms with Crippen molar-refractivity contribution in [2.24, 2.45) is 5.92 Å². The molecule has 92 valence electrons. The van der Waals surface area contributed by atoms with E-state index in [0.717, 1.165) is 30.7 Å². The molecule has 0 amide bonds. The van der Waals surface area contributed by atoms with Gasteiger partial charge in [-0.05, 0) is 50.7 Å². The van der Waals surface area contributed by atoms with Gasteiger partial charge in [0.1, 0.15) is 11.4 Å². The van der Waals surface area contributed by atoms with Gasteiger partial charge in [-0.1, -0.05) is 6.92 Å². The van der Waals surface area contributed by atoms with E-state index >= 15 is 0 Å². The van der Waals surface area contributed by atoms with Gasteiger partial charge in [0.15, 0.2) is 6.29 Å². The standard InChI is InChI=1S/C14H19NO2/c1-10-3-6-12(7-4-10)17-14-8-5-11(2)15-13(14)9-16/h5,8-10,12H,3-4,6-7H2,1-2H3. The lowest BCUT2D eigenvalue weighted by atomic mass is 9.89. The highest BCUT2D eigenvalue weighted by atomic mass is 16.5. The monoisotopic (exact) mass is 233 g/mol. The summed E-state index contributed by atoms with van der Waals surface area (Å²) in [6.45, 7) is 4.15. The third-order valence-electron chi connectivity index (χ3n) is 3.39. The first kappa shape index (κ1) is 12.1. The largest absolute Gasteiger partial charge is 0.488 e. The molecular weight excluding hydrogens is 214 g/mol. The Bertz CT molecular complexity index is 395. The van der Waals surface area contributed by atoms with Gasteiger partial charge in [0, 0.05) is 5.69 Å². The first-order valence-electron chi connectivity index (χ1n) is 6.28. The van der Waals surface area contributed by atoms with Gasteiger partial charge >= 0.3 is 0 Å². The highest BCUT2D eigenvalue weighted by Crippen LogP contribution is 2.28. The Balaban J connectivity index is 2.05. The second-order valence-electron chi connectivity index (χ2n) is 4.95. The number of ether oxygens (including phenoxy) is 1. The van der Waals surface area contributed by atoms with Crippen molar-refractivity contribution in [3.63, 3.8) is 0 Å². The SMILES string of the molecule is Cc1ccc(OC2CCC(C)CC2)c(C=O)n1. The van der Waals surface area contributed by atoms with E-state index < -0.39 is 0 Å². The lowest BCUT2D eigenvalue weighted by Gasteiger charge is -2.27. The van der Waals surface area contributed by atoms with Crippen molar-refractivity contribution in [2.45, 2.75) is 45.6 Å². The number of nitrogens with zero attached hydrogens (tertiary/aromatic N) is 1. The highest BCUT2D eigenvalue weighted by Gasteiger charge is 2.20. The van der Waals surface area contributed by atoms with Gasteiger partial charge in [0.25, 0.3) is 0 Å². The van der Waals surface area contributed by atoms with Crippen molar-refractivity contribution in [3.05, 3.63) is 23.5 Å². The fraction of sp³-hybridized carbons (Fsp3) is 0.571. The lowest BCUT2D eigenvalue weighted by Crippen LogP contribution is -2.23. The van der Waals surface area contributed by atoms with Crippen molar-refractivity contribution in [2.75, 3.05) is 0 Å². The molecule has 1 aromatic rings. The second kappa shape index (κ2) is 5.30. The molecule has 3 nitrogen and oxygen atoms in total. The van der Waals surface area contributed by atoms with E-state index in [4.69, 9.17) is 4.74 Å². The van der Waals surface area contributed by atoms with Gasteiger partial charge in [-0.2, -0.15) is 0 Å². The molecule has 1 aromatic heterocycles. The van der Waals surface area contributed by atoms with E-state index in [-0.39, 0.29) is 6.10 Å². The topological polar surface area (TPSA) is 39.2 Å². The summed E-state index contributed by atoms with van der Waals surface area (Å²) in [5.74, 6) is 1.43. The smallest absolute Gasteiger partial charge is 0.172 e. The third kappa shape index (κ3) is 3.05. The van der Waals surface area contributed by atoms with Crippen LogP contribution in [0.25, 0.3) is 0 Å². The number of carbonyl (C=O) groups is 1. The van der Waals surface area contributed by atoms with E-state index in [9.17, 15) is 4.79 Å². The molecule has 17 heavy (non-hydrogen) atoms. The molecule has 0 atom stereocenters. The van der Waals surface area contributed by atoms with Crippen molar-refractivity contribution < 1.29 is 9.53 Å². The average Bonchev–Trinajstić information content (AvgIpc) is 2.34. The van der Waals surface area contributed by atoms with Gasteiger partial charge in [-0.3, -0.25) is 4.79 Å². The van der Waals surface area contributed by atoms with E-state index in [1.807, 2.05) is 19.1 Å². The van der Waals surface area contributed by atoms with Crippen LogP contribution in [-0.4, -0.2) is 17.4 Å². The van der Waals surface area contributed by atoms with E-state index in [1.165, 1.54) is 12.8 Å². The van der Waals surface area contributed by atoms with Crippen LogP contribution in [0.3, 0.4) is 0 Å². The maximum Gasteiger partial charge on any atom is 0.172 e. The number of aryl methyl sites for hydroxylation is 1. The molecule has 0 N–H and O–H groups in total. The summed E-state index contributed by atoms with van der Waals surface area (Å²) < 4.78 is 5.89. The van der Waals surface area contributed by atoms with Crippen LogP contribution in [0.15, 0.2) is 12.1 Å². The molecule has 0 spiro atoms. The minimum Gasteiger partial charge on any atom is -0.488 e. The quantitative estimate of drug-likeness (QED) is 0.753. The minimum absolute atomic E-state index is 0.245. The zero-order valence-corrected chi connectivity index (χ0v) is 10.5. The average molecular weight is 233 g/mol. The Hall–Kier alpha value is -1.38. The number of hydrogen-bond donors (Lipinski definition) is 0. The van der Waals surface area contributed by atoms with Crippen molar-refractivity contribution in [3.8, 4) is 5.75 Å². The van der Waals surface area contributed by atoms with Crippen LogP contribution in [0.1, 0.15) is 48.8 Å². The molecule has 0 saturated heterocycles. The number of carbonyl (C=O) groups excluding carboxylic acids is 1. The zero-order chi connectivity index (χ0) is 12.3. The molecule has 1 heterocycles. The number of pyridine rings is 1. The number of aldehydes is 1. The zero-order valence-electron chi connectivity index (χ0n) is 10.5. The van der Waals surface area contributed by atoms with E-state index in [0.29, 0.717) is 11.4 Å². The Labute approximate surface area is 102 Å². The molecule has 2 rings (SSSR count). The van der Waals surface area contributed by atoms with Crippen molar-refractivity contribution in [1.82, 2.24) is 4.98 Å². The molecular formula is C14H19NO2. The van der Waals surface area contributed by atoms with Crippen LogP contribution in [0, 0.1) is 12.8 Å². The minimum atomic E-state index is 0.245. The molecule has 1 saturated carbocycles. The molecule has 0 unspecified atom stereocenters. The summed E-state index contributed by atoms with van der Waals surface area (Å²) in [5.41, 5.74) is 1.26. The van der Waals surface area contributed by atoms with Gasteiger partial charge in [-0.25, -0.2) is 4.98 Å². The maximum absolute atomic E-state index is 10.9. The summed E-state index contributed by atoms with van der Waals surface area (Å²) in [5, 5.41) is 0. The van der Waals surface area contributed by atoms with E-state index in [1.54, 1.807) is 0 Å². The highest BCUT2D eigenvalue weighted by molar-refractivity contribution is 5.76. The summed E-state index contributed by atoms with van der Waals surface area (Å²) in [6, 6.07) is 3.73. The van der Waals surface area contributed by atoms with Crippen LogP contribution in [0.5, 0.6) is 5.75 Å². The summed E-state index contributed by atoms with van der Waals surface area (Å²) in [6.07, 6.45) is 5.59. The first-order valence-corrected chi connectivity index (χ1v) is 6.28. The Morgan fingerprint density at radius 3 is 2.65 bits per heavy atom. The Morgan fingerprint density at radius 2 is 2.00 bits per heavy atom. The van der Waals surface area contributed by atoms with Gasteiger partial charge in [0.05, 0.1) is 6.10 Å². The van der Waals surface area contributed by atoms with Gasteiger partial charge in [-0.15, -0.1) is 0 Å². The Morgan fingerprint density at radius 1 is 1.29 bits per heavy atom. The molecule has 0 aliphatic heterocycles. The van der Waals surface area contributed by atoms with Crippen molar-refractivity contribution in [1.29, 1.82) is 0 Å². The van der Waals surface area contributed by atoms with Crippen LogP contribution >= 0.6 is 0 Å². The number of rotatable bonds is 3. The van der Waals surface area contributed by atoms with Crippen LogP contribution in [-0.2, 0) is 0 Å². The Kier molecular flexibility index (Phi) is 3.77. The predicted molar refractivity (Wildman–Crippen MR) is 66.4 cm³/mol. The lowest BCUT2D eigenvalue weighted by molar-refractivity contribution is 0.109. The third-order valence-corrected chi connectivity index (χ3v) is 3.39. The predicted octanol–water partition coefficient (Wildman–Crippen LogP) is 3.16. The fourth-order valence-electron chi connectivity index (χ4n) is 2.28. The van der Waals surface area contributed by atoms with Gasteiger partial charge in [0.2, 0.25) is 0 Å². The second-order valence-corrected chi connectivity index (χ2v) is 4.95. The van der Waals surface area contributed by atoms with Gasteiger partial charge < -0.3 is 4.74 Å². The maximum atomic E-state index is 10.9. The molecule has 1 aliphatic rings. The molecule has 1 fully saturated rings. The summed E-state index contributed by atoms with van der Waals surface area (Å²) >= 11 is 0.